The molecule has 0 radical (unpaired) electrons. The highest BCUT2D eigenvalue weighted by Gasteiger charge is 2.46. The van der Waals surface area contributed by atoms with Crippen molar-refractivity contribution in [1.29, 1.82) is 0 Å². The fourth-order valence-corrected chi connectivity index (χ4v) is 4.33. The number of rotatable bonds is 9. The fraction of sp³-hybridized carbons (Fsp3) is 0.286. The molecule has 0 spiro atoms. The summed E-state index contributed by atoms with van der Waals surface area (Å²) < 4.78 is 18.0. The van der Waals surface area contributed by atoms with Crippen LogP contribution in [-0.2, 0) is 19.8 Å². The molecule has 0 unspecified atom stereocenters. The van der Waals surface area contributed by atoms with Gasteiger partial charge in [-0.25, -0.2) is 0 Å². The van der Waals surface area contributed by atoms with Gasteiger partial charge in [0.1, 0.15) is 30.0 Å². The van der Waals surface area contributed by atoms with E-state index in [2.05, 4.69) is 6.58 Å². The molecule has 0 bridgehead atoms. The molecule has 1 aliphatic heterocycles. The Labute approximate surface area is 199 Å². The third kappa shape index (κ3) is 4.83. The molecule has 3 aromatic carbocycles. The smallest absolute Gasteiger partial charge is 0.187 e. The SMILES string of the molecule is C=CCO[C@@H]1O[C@H](COC(c2ccccc2)(c2ccccc2)c2ccccc2)[C@H](O)[C@H](O)[C@H]1O. The lowest BCUT2D eigenvalue weighted by Crippen LogP contribution is -2.59. The molecule has 0 aliphatic carbocycles. The van der Waals surface area contributed by atoms with Crippen LogP contribution in [0.5, 0.6) is 0 Å². The van der Waals surface area contributed by atoms with Crippen LogP contribution in [0.15, 0.2) is 104 Å². The second-order valence-corrected chi connectivity index (χ2v) is 8.23. The molecule has 5 atom stereocenters. The molecule has 0 amide bonds. The van der Waals surface area contributed by atoms with Crippen LogP contribution in [0, 0.1) is 0 Å². The molecular formula is C28H30O6. The molecule has 6 nitrogen and oxygen atoms in total. The Hall–Kier alpha value is -2.84. The first-order valence-corrected chi connectivity index (χ1v) is 11.3. The summed E-state index contributed by atoms with van der Waals surface area (Å²) in [6.07, 6.45) is -4.75. The van der Waals surface area contributed by atoms with Gasteiger partial charge in [-0.3, -0.25) is 0 Å². The largest absolute Gasteiger partial charge is 0.387 e. The van der Waals surface area contributed by atoms with Crippen molar-refractivity contribution in [2.24, 2.45) is 0 Å². The summed E-state index contributed by atoms with van der Waals surface area (Å²) in [5, 5.41) is 31.4. The van der Waals surface area contributed by atoms with E-state index in [0.717, 1.165) is 16.7 Å². The van der Waals surface area contributed by atoms with Crippen LogP contribution >= 0.6 is 0 Å². The molecule has 6 heteroatoms. The van der Waals surface area contributed by atoms with Crippen LogP contribution in [0.4, 0.5) is 0 Å². The number of hydrogen-bond acceptors (Lipinski definition) is 6. The van der Waals surface area contributed by atoms with Gasteiger partial charge in [0.25, 0.3) is 0 Å². The molecule has 1 saturated heterocycles. The Kier molecular flexibility index (Phi) is 7.90. The highest BCUT2D eigenvalue weighted by molar-refractivity contribution is 5.47. The van der Waals surface area contributed by atoms with E-state index in [0.29, 0.717) is 0 Å². The van der Waals surface area contributed by atoms with E-state index in [1.54, 1.807) is 0 Å². The molecule has 34 heavy (non-hydrogen) atoms. The highest BCUT2D eigenvalue weighted by Crippen LogP contribution is 2.41. The Morgan fingerprint density at radius 1 is 0.735 bits per heavy atom. The maximum Gasteiger partial charge on any atom is 0.187 e. The van der Waals surface area contributed by atoms with Crippen molar-refractivity contribution in [3.8, 4) is 0 Å². The Morgan fingerprint density at radius 2 is 1.21 bits per heavy atom. The number of ether oxygens (including phenoxy) is 3. The normalized spacial score (nSPS) is 25.1. The summed E-state index contributed by atoms with van der Waals surface area (Å²) in [5.74, 6) is 0. The zero-order valence-electron chi connectivity index (χ0n) is 18.8. The summed E-state index contributed by atoms with van der Waals surface area (Å²) in [6, 6.07) is 29.5. The average Bonchev–Trinajstić information content (AvgIpc) is 2.90. The van der Waals surface area contributed by atoms with E-state index in [1.165, 1.54) is 6.08 Å². The highest BCUT2D eigenvalue weighted by atomic mass is 16.7. The third-order valence-electron chi connectivity index (χ3n) is 6.05. The van der Waals surface area contributed by atoms with Crippen molar-refractivity contribution in [2.75, 3.05) is 13.2 Å². The van der Waals surface area contributed by atoms with Gasteiger partial charge in [-0.05, 0) is 16.7 Å². The first-order valence-electron chi connectivity index (χ1n) is 11.3. The van der Waals surface area contributed by atoms with Gasteiger partial charge in [0.05, 0.1) is 13.2 Å². The Bertz CT molecular complexity index is 930. The van der Waals surface area contributed by atoms with Gasteiger partial charge in [0.15, 0.2) is 6.29 Å². The molecule has 178 valence electrons. The van der Waals surface area contributed by atoms with Crippen molar-refractivity contribution < 1.29 is 29.5 Å². The number of benzene rings is 3. The molecule has 3 aromatic rings. The van der Waals surface area contributed by atoms with E-state index in [4.69, 9.17) is 14.2 Å². The summed E-state index contributed by atoms with van der Waals surface area (Å²) >= 11 is 0. The lowest BCUT2D eigenvalue weighted by Gasteiger charge is -2.42. The van der Waals surface area contributed by atoms with E-state index in [1.807, 2.05) is 91.0 Å². The standard InChI is InChI=1S/C28H30O6/c1-2-18-32-27-26(31)25(30)24(29)23(34-27)19-33-28(20-12-6-3-7-13-20,21-14-8-4-9-15-21)22-16-10-5-11-17-22/h2-17,23-27,29-31H,1,18-19H2/t23-,24+,25+,26-,27-/m1/s1. The lowest BCUT2D eigenvalue weighted by atomic mass is 9.80. The van der Waals surface area contributed by atoms with Gasteiger partial charge in [-0.1, -0.05) is 97.1 Å². The van der Waals surface area contributed by atoms with E-state index in [9.17, 15) is 15.3 Å². The molecule has 1 aliphatic rings. The van der Waals surface area contributed by atoms with Crippen molar-refractivity contribution in [2.45, 2.75) is 36.3 Å². The van der Waals surface area contributed by atoms with Gasteiger partial charge in [0.2, 0.25) is 0 Å². The quantitative estimate of drug-likeness (QED) is 0.335. The second kappa shape index (κ2) is 11.1. The molecule has 1 fully saturated rings. The Morgan fingerprint density at radius 3 is 1.65 bits per heavy atom. The average molecular weight is 463 g/mol. The number of hydrogen-bond donors (Lipinski definition) is 3. The maximum absolute atomic E-state index is 10.7. The van der Waals surface area contributed by atoms with Gasteiger partial charge in [-0.15, -0.1) is 6.58 Å². The third-order valence-corrected chi connectivity index (χ3v) is 6.05. The van der Waals surface area contributed by atoms with Crippen LogP contribution in [0.3, 0.4) is 0 Å². The molecule has 0 aromatic heterocycles. The molecule has 3 N–H and O–H groups in total. The lowest BCUT2D eigenvalue weighted by molar-refractivity contribution is -0.303. The summed E-state index contributed by atoms with van der Waals surface area (Å²) in [4.78, 5) is 0. The fourth-order valence-electron chi connectivity index (χ4n) is 4.33. The first kappa shape index (κ1) is 24.3. The Balaban J connectivity index is 1.73. The van der Waals surface area contributed by atoms with Crippen molar-refractivity contribution in [3.05, 3.63) is 120 Å². The minimum atomic E-state index is -1.45. The summed E-state index contributed by atoms with van der Waals surface area (Å²) in [7, 11) is 0. The van der Waals surface area contributed by atoms with Crippen LogP contribution in [0.25, 0.3) is 0 Å². The predicted octanol–water partition coefficient (Wildman–Crippen LogP) is 3.01. The summed E-state index contributed by atoms with van der Waals surface area (Å²) in [5.41, 5.74) is 1.69. The summed E-state index contributed by atoms with van der Waals surface area (Å²) in [6.45, 7) is 3.65. The number of aliphatic hydroxyl groups excluding tert-OH is 3. The minimum Gasteiger partial charge on any atom is -0.387 e. The van der Waals surface area contributed by atoms with Crippen molar-refractivity contribution in [1.82, 2.24) is 0 Å². The van der Waals surface area contributed by atoms with Crippen LogP contribution in [0.2, 0.25) is 0 Å². The van der Waals surface area contributed by atoms with Crippen molar-refractivity contribution >= 4 is 0 Å². The van der Waals surface area contributed by atoms with Crippen LogP contribution in [0.1, 0.15) is 16.7 Å². The van der Waals surface area contributed by atoms with Crippen LogP contribution in [-0.4, -0.2) is 59.2 Å². The van der Waals surface area contributed by atoms with Crippen LogP contribution < -0.4 is 0 Å². The topological polar surface area (TPSA) is 88.4 Å². The predicted molar refractivity (Wildman–Crippen MR) is 128 cm³/mol. The maximum atomic E-state index is 10.7. The minimum absolute atomic E-state index is 0.0718. The molecule has 0 saturated carbocycles. The van der Waals surface area contributed by atoms with Gasteiger partial charge < -0.3 is 29.5 Å². The second-order valence-electron chi connectivity index (χ2n) is 8.23. The number of aliphatic hydroxyl groups is 3. The molecule has 4 rings (SSSR count). The van der Waals surface area contributed by atoms with E-state index < -0.39 is 36.3 Å². The van der Waals surface area contributed by atoms with Gasteiger partial charge in [-0.2, -0.15) is 0 Å². The van der Waals surface area contributed by atoms with Gasteiger partial charge in [0, 0.05) is 0 Å². The molecular weight excluding hydrogens is 432 g/mol. The van der Waals surface area contributed by atoms with Crippen molar-refractivity contribution in [3.63, 3.8) is 0 Å². The monoisotopic (exact) mass is 462 g/mol. The van der Waals surface area contributed by atoms with Gasteiger partial charge >= 0.3 is 0 Å². The molecule has 1 heterocycles. The van der Waals surface area contributed by atoms with E-state index in [-0.39, 0.29) is 13.2 Å². The first-order chi connectivity index (χ1) is 16.6. The zero-order valence-corrected chi connectivity index (χ0v) is 18.8. The van der Waals surface area contributed by atoms with E-state index >= 15 is 0 Å². The zero-order chi connectivity index (χ0) is 24.0.